The highest BCUT2D eigenvalue weighted by molar-refractivity contribution is 7.80. The molecule has 0 aliphatic rings. The molecule has 8 heteroatoms. The fourth-order valence-electron chi connectivity index (χ4n) is 2.95. The van der Waals surface area contributed by atoms with Crippen molar-refractivity contribution in [3.8, 4) is 11.5 Å². The minimum absolute atomic E-state index is 0.188. The molecular formula is C24H19ClN2O3S2. The quantitative estimate of drug-likeness (QED) is 0.245. The normalized spacial score (nSPS) is 10.5. The molecule has 4 aromatic rings. The Morgan fingerprint density at radius 3 is 2.19 bits per heavy atom. The maximum Gasteiger partial charge on any atom is 0.269 e. The number of fused-ring (bicyclic) bond motifs is 1. The van der Waals surface area contributed by atoms with Gasteiger partial charge in [-0.1, -0.05) is 48.0 Å². The van der Waals surface area contributed by atoms with E-state index in [-0.39, 0.29) is 11.0 Å². The molecule has 1 amide bonds. The minimum Gasteiger partial charge on any atom is -0.490 e. The number of thiocarbonyl (C=S) groups is 1. The van der Waals surface area contributed by atoms with E-state index in [1.54, 1.807) is 0 Å². The van der Waals surface area contributed by atoms with Crippen LogP contribution in [0.2, 0.25) is 5.02 Å². The lowest BCUT2D eigenvalue weighted by molar-refractivity contribution is 0.0982. The van der Waals surface area contributed by atoms with Crippen LogP contribution in [0.25, 0.3) is 10.1 Å². The second-order valence-corrected chi connectivity index (χ2v) is 8.52. The zero-order valence-electron chi connectivity index (χ0n) is 16.8. The van der Waals surface area contributed by atoms with E-state index in [0.717, 1.165) is 21.5 Å². The molecule has 0 unspecified atom stereocenters. The van der Waals surface area contributed by atoms with Crippen molar-refractivity contribution >= 4 is 61.9 Å². The molecule has 1 heterocycles. The molecule has 0 bridgehead atoms. The lowest BCUT2D eigenvalue weighted by atomic mass is 10.2. The van der Waals surface area contributed by atoms with Crippen molar-refractivity contribution in [1.29, 1.82) is 0 Å². The molecule has 3 aromatic carbocycles. The largest absolute Gasteiger partial charge is 0.490 e. The minimum atomic E-state index is -0.341. The number of anilines is 1. The number of halogens is 1. The molecule has 162 valence electrons. The molecule has 0 spiro atoms. The molecular weight excluding hydrogens is 464 g/mol. The lowest BCUT2D eigenvalue weighted by Gasteiger charge is -2.11. The highest BCUT2D eigenvalue weighted by atomic mass is 35.5. The molecule has 32 heavy (non-hydrogen) atoms. The van der Waals surface area contributed by atoms with Crippen molar-refractivity contribution in [2.24, 2.45) is 0 Å². The molecule has 0 radical (unpaired) electrons. The Labute approximate surface area is 199 Å². The Morgan fingerprint density at radius 2 is 1.50 bits per heavy atom. The predicted molar refractivity (Wildman–Crippen MR) is 134 cm³/mol. The summed E-state index contributed by atoms with van der Waals surface area (Å²) in [6, 6.07) is 24.5. The summed E-state index contributed by atoms with van der Waals surface area (Å²) in [6.45, 7) is 0.868. The Morgan fingerprint density at radius 1 is 0.875 bits per heavy atom. The average Bonchev–Trinajstić information content (AvgIpc) is 3.15. The van der Waals surface area contributed by atoms with Crippen molar-refractivity contribution in [2.75, 3.05) is 18.5 Å². The molecule has 0 aliphatic heterocycles. The number of ether oxygens (including phenoxy) is 2. The summed E-state index contributed by atoms with van der Waals surface area (Å²) >= 11 is 13.0. The van der Waals surface area contributed by atoms with Gasteiger partial charge < -0.3 is 14.8 Å². The van der Waals surface area contributed by atoms with E-state index in [9.17, 15) is 4.79 Å². The van der Waals surface area contributed by atoms with Crippen LogP contribution in [0.15, 0.2) is 78.9 Å². The van der Waals surface area contributed by atoms with Gasteiger partial charge in [-0.25, -0.2) is 0 Å². The molecule has 0 fully saturated rings. The smallest absolute Gasteiger partial charge is 0.269 e. The van der Waals surface area contributed by atoms with Gasteiger partial charge in [0.2, 0.25) is 0 Å². The molecule has 0 aliphatic carbocycles. The third-order valence-electron chi connectivity index (χ3n) is 4.44. The number of para-hydroxylation sites is 1. The van der Waals surface area contributed by atoms with Crippen LogP contribution in [0.5, 0.6) is 11.5 Å². The van der Waals surface area contributed by atoms with Crippen molar-refractivity contribution in [3.63, 3.8) is 0 Å². The van der Waals surface area contributed by atoms with Crippen LogP contribution in [-0.2, 0) is 0 Å². The van der Waals surface area contributed by atoms with Crippen LogP contribution in [0, 0.1) is 0 Å². The summed E-state index contributed by atoms with van der Waals surface area (Å²) in [4.78, 5) is 13.0. The highest BCUT2D eigenvalue weighted by Crippen LogP contribution is 2.35. The summed E-state index contributed by atoms with van der Waals surface area (Å²) in [5.74, 6) is 1.18. The number of thiophene rings is 1. The van der Waals surface area contributed by atoms with E-state index in [0.29, 0.717) is 28.9 Å². The SMILES string of the molecule is O=C(NC(=S)Nc1ccc(OCCOc2ccccc2)cc1)c1sc2ccccc2c1Cl. The highest BCUT2D eigenvalue weighted by Gasteiger charge is 2.17. The van der Waals surface area contributed by atoms with E-state index < -0.39 is 0 Å². The van der Waals surface area contributed by atoms with Crippen LogP contribution in [-0.4, -0.2) is 24.2 Å². The van der Waals surface area contributed by atoms with Crippen molar-refractivity contribution in [2.45, 2.75) is 0 Å². The first kappa shape index (κ1) is 22.1. The standard InChI is InChI=1S/C24H19ClN2O3S2/c25-21-19-8-4-5-9-20(19)32-22(21)23(28)27-24(31)26-16-10-12-18(13-11-16)30-15-14-29-17-6-2-1-3-7-17/h1-13H,14-15H2,(H2,26,27,28,31). The predicted octanol–water partition coefficient (Wildman–Crippen LogP) is 6.14. The van der Waals surface area contributed by atoms with Gasteiger partial charge in [0.15, 0.2) is 5.11 Å². The zero-order valence-corrected chi connectivity index (χ0v) is 19.2. The zero-order chi connectivity index (χ0) is 22.3. The second-order valence-electron chi connectivity index (χ2n) is 6.68. The van der Waals surface area contributed by atoms with Gasteiger partial charge in [-0.3, -0.25) is 10.1 Å². The topological polar surface area (TPSA) is 59.6 Å². The summed E-state index contributed by atoms with van der Waals surface area (Å²) in [6.07, 6.45) is 0. The van der Waals surface area contributed by atoms with Crippen molar-refractivity contribution < 1.29 is 14.3 Å². The van der Waals surface area contributed by atoms with E-state index in [1.807, 2.05) is 78.9 Å². The fraction of sp³-hybridized carbons (Fsp3) is 0.0833. The van der Waals surface area contributed by atoms with Crippen molar-refractivity contribution in [3.05, 3.63) is 88.8 Å². The van der Waals surface area contributed by atoms with E-state index >= 15 is 0 Å². The third-order valence-corrected chi connectivity index (χ3v) is 6.32. The first-order valence-electron chi connectivity index (χ1n) is 9.80. The van der Waals surface area contributed by atoms with Gasteiger partial charge in [-0.2, -0.15) is 0 Å². The summed E-state index contributed by atoms with van der Waals surface area (Å²) in [7, 11) is 0. The van der Waals surface area contributed by atoms with Crippen LogP contribution < -0.4 is 20.1 Å². The van der Waals surface area contributed by atoms with E-state index in [2.05, 4.69) is 10.6 Å². The number of hydrogen-bond acceptors (Lipinski definition) is 5. The molecule has 0 saturated carbocycles. The first-order valence-corrected chi connectivity index (χ1v) is 11.4. The van der Waals surface area contributed by atoms with Crippen LogP contribution in [0.3, 0.4) is 0 Å². The first-order chi connectivity index (χ1) is 15.6. The Balaban J connectivity index is 1.26. The molecule has 0 atom stereocenters. The third kappa shape index (κ3) is 5.56. The van der Waals surface area contributed by atoms with Crippen LogP contribution in [0.1, 0.15) is 9.67 Å². The van der Waals surface area contributed by atoms with Gasteiger partial charge in [0, 0.05) is 15.8 Å². The lowest BCUT2D eigenvalue weighted by Crippen LogP contribution is -2.33. The molecule has 5 nitrogen and oxygen atoms in total. The van der Waals surface area contributed by atoms with Crippen molar-refractivity contribution in [1.82, 2.24) is 5.32 Å². The van der Waals surface area contributed by atoms with Gasteiger partial charge in [0.25, 0.3) is 5.91 Å². The van der Waals surface area contributed by atoms with E-state index in [4.69, 9.17) is 33.3 Å². The number of amides is 1. The molecule has 1 aromatic heterocycles. The number of benzene rings is 3. The maximum atomic E-state index is 12.6. The summed E-state index contributed by atoms with van der Waals surface area (Å²) < 4.78 is 12.2. The van der Waals surface area contributed by atoms with Gasteiger partial charge >= 0.3 is 0 Å². The van der Waals surface area contributed by atoms with Gasteiger partial charge in [0.05, 0.1) is 5.02 Å². The van der Waals surface area contributed by atoms with Gasteiger partial charge in [0.1, 0.15) is 29.6 Å². The Hall–Kier alpha value is -3.13. The second kappa shape index (κ2) is 10.5. The number of carbonyl (C=O) groups excluding carboxylic acids is 1. The monoisotopic (exact) mass is 482 g/mol. The van der Waals surface area contributed by atoms with Crippen LogP contribution >= 0.6 is 35.2 Å². The number of carbonyl (C=O) groups is 1. The number of nitrogens with one attached hydrogen (secondary N) is 2. The summed E-state index contributed by atoms with van der Waals surface area (Å²) in [5.41, 5.74) is 0.727. The number of hydrogen-bond donors (Lipinski definition) is 2. The molecule has 0 saturated heterocycles. The maximum absolute atomic E-state index is 12.6. The van der Waals surface area contributed by atoms with Gasteiger partial charge in [-0.15, -0.1) is 11.3 Å². The van der Waals surface area contributed by atoms with Crippen LogP contribution in [0.4, 0.5) is 5.69 Å². The molecule has 2 N–H and O–H groups in total. The van der Waals surface area contributed by atoms with Gasteiger partial charge in [-0.05, 0) is 54.7 Å². The Bertz CT molecular complexity index is 1230. The average molecular weight is 483 g/mol. The van der Waals surface area contributed by atoms with E-state index in [1.165, 1.54) is 11.3 Å². The summed E-state index contributed by atoms with van der Waals surface area (Å²) in [5, 5.41) is 7.15. The fourth-order valence-corrected chi connectivity index (χ4v) is 4.58. The number of rotatable bonds is 7. The molecule has 4 rings (SSSR count). The Kier molecular flexibility index (Phi) is 7.21.